The quantitative estimate of drug-likeness (QED) is 0.578. The van der Waals surface area contributed by atoms with E-state index in [0.717, 1.165) is 31.7 Å². The van der Waals surface area contributed by atoms with Crippen LogP contribution in [0, 0.1) is 0 Å². The maximum Gasteiger partial charge on any atom is 0.433 e. The van der Waals surface area contributed by atoms with Crippen LogP contribution in [-0.4, -0.2) is 38.5 Å². The molecule has 152 valence electrons. The number of hydrogen-bond acceptors (Lipinski definition) is 3. The van der Waals surface area contributed by atoms with Crippen LogP contribution in [0.1, 0.15) is 41.9 Å². The summed E-state index contributed by atoms with van der Waals surface area (Å²) < 4.78 is 41.8. The van der Waals surface area contributed by atoms with Gasteiger partial charge in [-0.15, -0.1) is 0 Å². The molecule has 0 spiro atoms. The lowest BCUT2D eigenvalue weighted by atomic mass is 10.1. The molecule has 3 heterocycles. The first-order valence-electron chi connectivity index (χ1n) is 9.37. The van der Waals surface area contributed by atoms with Crippen molar-refractivity contribution < 1.29 is 18.0 Å². The number of likely N-dealkylation sites (tertiary alicyclic amines) is 1. The SMILES string of the molecule is O=C(c1nn2c(C(F)(F)F)cc(-c3ccccc3)nc2c1Cl)N1CCCCCC1. The second kappa shape index (κ2) is 7.67. The molecule has 0 radical (unpaired) electrons. The van der Waals surface area contributed by atoms with E-state index in [1.165, 1.54) is 0 Å². The van der Waals surface area contributed by atoms with Crippen LogP contribution >= 0.6 is 11.6 Å². The van der Waals surface area contributed by atoms with Crippen LogP contribution in [0.4, 0.5) is 13.2 Å². The average Bonchev–Trinajstić information content (AvgIpc) is 2.88. The average molecular weight is 423 g/mol. The van der Waals surface area contributed by atoms with E-state index in [1.807, 2.05) is 0 Å². The normalized spacial score (nSPS) is 15.5. The summed E-state index contributed by atoms with van der Waals surface area (Å²) in [5, 5.41) is 3.77. The van der Waals surface area contributed by atoms with Crippen molar-refractivity contribution in [1.29, 1.82) is 0 Å². The highest BCUT2D eigenvalue weighted by molar-refractivity contribution is 6.36. The summed E-state index contributed by atoms with van der Waals surface area (Å²) in [6.45, 7) is 1.08. The topological polar surface area (TPSA) is 50.5 Å². The Bertz CT molecular complexity index is 1040. The van der Waals surface area contributed by atoms with Crippen molar-refractivity contribution in [2.75, 3.05) is 13.1 Å². The number of nitrogens with zero attached hydrogens (tertiary/aromatic N) is 4. The van der Waals surface area contributed by atoms with Gasteiger partial charge in [0, 0.05) is 18.7 Å². The van der Waals surface area contributed by atoms with Crippen LogP contribution < -0.4 is 0 Å². The van der Waals surface area contributed by atoms with E-state index in [-0.39, 0.29) is 22.1 Å². The highest BCUT2D eigenvalue weighted by Crippen LogP contribution is 2.34. The number of carbonyl (C=O) groups is 1. The molecule has 1 aliphatic heterocycles. The summed E-state index contributed by atoms with van der Waals surface area (Å²) in [4.78, 5) is 18.8. The molecule has 0 N–H and O–H groups in total. The smallest absolute Gasteiger partial charge is 0.337 e. The number of rotatable bonds is 2. The van der Waals surface area contributed by atoms with Crippen LogP contribution in [0.25, 0.3) is 16.9 Å². The van der Waals surface area contributed by atoms with Crippen molar-refractivity contribution in [1.82, 2.24) is 19.5 Å². The molecular weight excluding hydrogens is 405 g/mol. The van der Waals surface area contributed by atoms with Gasteiger partial charge in [0.25, 0.3) is 5.91 Å². The Morgan fingerprint density at radius 2 is 1.69 bits per heavy atom. The van der Waals surface area contributed by atoms with Crippen molar-refractivity contribution in [3.8, 4) is 11.3 Å². The molecule has 1 saturated heterocycles. The third kappa shape index (κ3) is 3.81. The lowest BCUT2D eigenvalue weighted by molar-refractivity contribution is -0.142. The Hall–Kier alpha value is -2.61. The lowest BCUT2D eigenvalue weighted by Gasteiger charge is -2.18. The number of benzene rings is 1. The predicted octanol–water partition coefficient (Wildman–Crippen LogP) is 5.08. The van der Waals surface area contributed by atoms with Gasteiger partial charge in [0.1, 0.15) is 5.02 Å². The van der Waals surface area contributed by atoms with E-state index in [1.54, 1.807) is 35.2 Å². The summed E-state index contributed by atoms with van der Waals surface area (Å²) in [6.07, 6.45) is -0.962. The molecule has 0 bridgehead atoms. The van der Waals surface area contributed by atoms with Gasteiger partial charge in [0.2, 0.25) is 0 Å². The Labute approximate surface area is 170 Å². The fourth-order valence-electron chi connectivity index (χ4n) is 3.51. The number of halogens is 4. The summed E-state index contributed by atoms with van der Waals surface area (Å²) in [6, 6.07) is 9.42. The highest BCUT2D eigenvalue weighted by atomic mass is 35.5. The van der Waals surface area contributed by atoms with Gasteiger partial charge in [-0.3, -0.25) is 4.79 Å². The number of fused-ring (bicyclic) bond motifs is 1. The minimum Gasteiger partial charge on any atom is -0.337 e. The van der Waals surface area contributed by atoms with Crippen molar-refractivity contribution in [3.05, 3.63) is 52.8 Å². The first-order valence-corrected chi connectivity index (χ1v) is 9.75. The minimum atomic E-state index is -4.69. The molecule has 3 aromatic rings. The molecule has 2 aromatic heterocycles. The fraction of sp³-hybridized carbons (Fsp3) is 0.350. The maximum atomic E-state index is 13.7. The molecule has 1 aliphatic rings. The second-order valence-electron chi connectivity index (χ2n) is 6.99. The standard InChI is InChI=1S/C20H18ClF3N4O/c21-16-17(19(29)27-10-6-1-2-7-11-27)26-28-15(20(22,23)24)12-14(25-18(16)28)13-8-4-3-5-9-13/h3-5,8-9,12H,1-2,6-7,10-11H2. The van der Waals surface area contributed by atoms with E-state index in [2.05, 4.69) is 10.1 Å². The van der Waals surface area contributed by atoms with Crippen molar-refractivity contribution in [2.45, 2.75) is 31.9 Å². The largest absolute Gasteiger partial charge is 0.433 e. The van der Waals surface area contributed by atoms with Crippen molar-refractivity contribution in [3.63, 3.8) is 0 Å². The Kier molecular flexibility index (Phi) is 5.21. The van der Waals surface area contributed by atoms with Gasteiger partial charge in [0.05, 0.1) is 5.69 Å². The number of amides is 1. The summed E-state index contributed by atoms with van der Waals surface area (Å²) in [5.41, 5.74) is -0.785. The molecule has 0 aliphatic carbocycles. The van der Waals surface area contributed by atoms with Gasteiger partial charge >= 0.3 is 6.18 Å². The number of carbonyl (C=O) groups excluding carboxylic acids is 1. The molecule has 5 nitrogen and oxygen atoms in total. The van der Waals surface area contributed by atoms with Gasteiger partial charge in [-0.1, -0.05) is 54.8 Å². The molecule has 1 amide bonds. The first kappa shape index (κ1) is 19.7. The number of aromatic nitrogens is 3. The predicted molar refractivity (Wildman–Crippen MR) is 103 cm³/mol. The second-order valence-corrected chi connectivity index (χ2v) is 7.37. The fourth-order valence-corrected chi connectivity index (χ4v) is 3.75. The molecule has 1 aromatic carbocycles. The van der Waals surface area contributed by atoms with Crippen LogP contribution in [0.2, 0.25) is 5.02 Å². The summed E-state index contributed by atoms with van der Waals surface area (Å²) >= 11 is 6.33. The number of hydrogen-bond donors (Lipinski definition) is 0. The maximum absolute atomic E-state index is 13.7. The molecule has 9 heteroatoms. The monoisotopic (exact) mass is 422 g/mol. The van der Waals surface area contributed by atoms with E-state index in [0.29, 0.717) is 23.2 Å². The molecule has 4 rings (SSSR count). The Morgan fingerprint density at radius 3 is 2.31 bits per heavy atom. The third-order valence-electron chi connectivity index (χ3n) is 4.99. The zero-order chi connectivity index (χ0) is 20.6. The van der Waals surface area contributed by atoms with Gasteiger partial charge in [-0.05, 0) is 18.9 Å². The van der Waals surface area contributed by atoms with Crippen molar-refractivity contribution >= 4 is 23.2 Å². The Balaban J connectivity index is 1.86. The Morgan fingerprint density at radius 1 is 1.03 bits per heavy atom. The summed E-state index contributed by atoms with van der Waals surface area (Å²) in [7, 11) is 0. The van der Waals surface area contributed by atoms with E-state index in [4.69, 9.17) is 11.6 Å². The molecule has 29 heavy (non-hydrogen) atoms. The summed E-state index contributed by atoms with van der Waals surface area (Å²) in [5.74, 6) is -0.461. The van der Waals surface area contributed by atoms with Crippen LogP contribution in [0.3, 0.4) is 0 Å². The minimum absolute atomic E-state index is 0.112. The lowest BCUT2D eigenvalue weighted by Crippen LogP contribution is -2.32. The van der Waals surface area contributed by atoms with Crippen molar-refractivity contribution in [2.24, 2.45) is 0 Å². The van der Waals surface area contributed by atoms with Crippen LogP contribution in [0.15, 0.2) is 36.4 Å². The van der Waals surface area contributed by atoms with E-state index < -0.39 is 17.8 Å². The zero-order valence-corrected chi connectivity index (χ0v) is 16.2. The van der Waals surface area contributed by atoms with E-state index in [9.17, 15) is 18.0 Å². The van der Waals surface area contributed by atoms with Crippen LogP contribution in [0.5, 0.6) is 0 Å². The van der Waals surface area contributed by atoms with Crippen LogP contribution in [-0.2, 0) is 6.18 Å². The van der Waals surface area contributed by atoms with Gasteiger partial charge < -0.3 is 4.90 Å². The van der Waals surface area contributed by atoms with Gasteiger partial charge in [0.15, 0.2) is 17.0 Å². The third-order valence-corrected chi connectivity index (χ3v) is 5.34. The van der Waals surface area contributed by atoms with Gasteiger partial charge in [-0.2, -0.15) is 18.3 Å². The zero-order valence-electron chi connectivity index (χ0n) is 15.4. The van der Waals surface area contributed by atoms with Gasteiger partial charge in [-0.25, -0.2) is 9.50 Å². The first-order chi connectivity index (χ1) is 13.9. The molecule has 1 fully saturated rings. The highest BCUT2D eigenvalue weighted by Gasteiger charge is 2.37. The number of alkyl halides is 3. The molecular formula is C20H18ClF3N4O. The molecule has 0 saturated carbocycles. The van der Waals surface area contributed by atoms with E-state index >= 15 is 0 Å². The molecule has 0 unspecified atom stereocenters. The molecule has 0 atom stereocenters.